The van der Waals surface area contributed by atoms with Crippen LogP contribution in [0.4, 0.5) is 0 Å². The van der Waals surface area contributed by atoms with Crippen molar-refractivity contribution in [3.8, 4) is 0 Å². The Morgan fingerprint density at radius 2 is 1.64 bits per heavy atom. The first kappa shape index (κ1) is 10.0. The van der Waals surface area contributed by atoms with Crippen LogP contribution in [0.3, 0.4) is 0 Å². The zero-order valence-electron chi connectivity index (χ0n) is 6.45. The number of benzene rings is 1. The van der Waals surface area contributed by atoms with Crippen LogP contribution in [0.15, 0.2) is 30.3 Å². The molecule has 1 aromatic rings. The van der Waals surface area contributed by atoms with E-state index in [9.17, 15) is 4.79 Å². The van der Waals surface area contributed by atoms with E-state index in [2.05, 4.69) is 15.5 Å². The molecule has 11 heavy (non-hydrogen) atoms. The Morgan fingerprint density at radius 3 is 1.91 bits per heavy atom. The van der Waals surface area contributed by atoms with Crippen molar-refractivity contribution in [3.63, 3.8) is 0 Å². The molecule has 0 heterocycles. The molecule has 0 aromatic heterocycles. The number of rotatable bonds is 1. The highest BCUT2D eigenvalue weighted by atomic mass is 16.1. The molecule has 0 saturated carbocycles. The Bertz CT molecular complexity index is 209. The SMILES string of the molecule is CC(=O)c1ccccc1.[B][B]. The highest BCUT2D eigenvalue weighted by Gasteiger charge is 1.92. The van der Waals surface area contributed by atoms with Gasteiger partial charge in [-0.15, -0.1) is 0 Å². The first-order chi connectivity index (χ1) is 5.30. The lowest BCUT2D eigenvalue weighted by molar-refractivity contribution is 0.101. The van der Waals surface area contributed by atoms with Crippen molar-refractivity contribution in [2.45, 2.75) is 6.92 Å². The van der Waals surface area contributed by atoms with Gasteiger partial charge in [-0.1, -0.05) is 30.3 Å². The van der Waals surface area contributed by atoms with Crippen LogP contribution in [0, 0.1) is 0 Å². The van der Waals surface area contributed by atoms with E-state index in [1.54, 1.807) is 6.92 Å². The maximum Gasteiger partial charge on any atom is 0.159 e. The van der Waals surface area contributed by atoms with E-state index < -0.39 is 0 Å². The van der Waals surface area contributed by atoms with Crippen molar-refractivity contribution in [3.05, 3.63) is 35.9 Å². The van der Waals surface area contributed by atoms with Gasteiger partial charge in [0.05, 0.1) is 0 Å². The summed E-state index contributed by atoms with van der Waals surface area (Å²) in [4.78, 5) is 10.6. The van der Waals surface area contributed by atoms with Crippen molar-refractivity contribution < 1.29 is 4.79 Å². The molecule has 0 fully saturated rings. The van der Waals surface area contributed by atoms with Gasteiger partial charge in [-0.2, -0.15) is 0 Å². The predicted molar refractivity (Wildman–Crippen MR) is 48.0 cm³/mol. The van der Waals surface area contributed by atoms with Crippen LogP contribution < -0.4 is 0 Å². The van der Waals surface area contributed by atoms with Crippen molar-refractivity contribution in [1.82, 2.24) is 0 Å². The summed E-state index contributed by atoms with van der Waals surface area (Å²) in [7, 11) is 8.00. The molecule has 0 aliphatic rings. The minimum Gasteiger partial charge on any atom is -0.295 e. The number of hydrogen-bond donors (Lipinski definition) is 0. The molecule has 0 N–H and O–H groups in total. The number of ketones is 1. The minimum atomic E-state index is 0.121. The second-order valence-corrected chi connectivity index (χ2v) is 1.92. The summed E-state index contributed by atoms with van der Waals surface area (Å²) in [6.45, 7) is 1.56. The monoisotopic (exact) mass is 142 g/mol. The van der Waals surface area contributed by atoms with E-state index in [-0.39, 0.29) is 5.78 Å². The van der Waals surface area contributed by atoms with E-state index in [0.717, 1.165) is 5.56 Å². The van der Waals surface area contributed by atoms with Gasteiger partial charge in [0.1, 0.15) is 0 Å². The van der Waals surface area contributed by atoms with Gasteiger partial charge in [0.15, 0.2) is 5.78 Å². The molecule has 0 spiro atoms. The van der Waals surface area contributed by atoms with E-state index in [4.69, 9.17) is 0 Å². The number of hydrogen-bond acceptors (Lipinski definition) is 1. The second-order valence-electron chi connectivity index (χ2n) is 1.92. The molecule has 0 unspecified atom stereocenters. The zero-order chi connectivity index (χ0) is 8.69. The molecule has 4 radical (unpaired) electrons. The maximum absolute atomic E-state index is 10.6. The van der Waals surface area contributed by atoms with Crippen molar-refractivity contribution in [2.24, 2.45) is 0 Å². The third-order valence-electron chi connectivity index (χ3n) is 1.18. The van der Waals surface area contributed by atoms with Gasteiger partial charge in [0.25, 0.3) is 0 Å². The van der Waals surface area contributed by atoms with Gasteiger partial charge < -0.3 is 0 Å². The Balaban J connectivity index is 0.000000461. The number of carbonyl (C=O) groups is 1. The lowest BCUT2D eigenvalue weighted by Crippen LogP contribution is -1.88. The Hall–Kier alpha value is -0.980. The standard InChI is InChI=1S/C8H8O.B2/c1-7(9)8-5-3-2-4-6-8;1-2/h2-6H,1H3;. The van der Waals surface area contributed by atoms with E-state index in [0.29, 0.717) is 0 Å². The molecule has 0 aliphatic heterocycles. The van der Waals surface area contributed by atoms with Gasteiger partial charge in [-0.25, -0.2) is 0 Å². The molecule has 3 heteroatoms. The number of Topliss-reactive ketones (excluding diaryl/α,β-unsaturated/α-hetero) is 1. The Labute approximate surface area is 69.6 Å². The van der Waals surface area contributed by atoms with E-state index >= 15 is 0 Å². The number of carbonyl (C=O) groups excluding carboxylic acids is 1. The molecular weight excluding hydrogens is 134 g/mol. The molecule has 1 rings (SSSR count). The molecule has 0 aliphatic carbocycles. The molecule has 0 amide bonds. The maximum atomic E-state index is 10.6. The van der Waals surface area contributed by atoms with Gasteiger partial charge in [-0.3, -0.25) is 4.79 Å². The molecular formula is C8H8B2O. The summed E-state index contributed by atoms with van der Waals surface area (Å²) in [6.07, 6.45) is 0. The Morgan fingerprint density at radius 1 is 1.18 bits per heavy atom. The fourth-order valence-corrected chi connectivity index (χ4v) is 0.673. The largest absolute Gasteiger partial charge is 0.295 e. The molecule has 1 nitrogen and oxygen atoms in total. The van der Waals surface area contributed by atoms with Crippen LogP contribution in [-0.4, -0.2) is 21.3 Å². The van der Waals surface area contributed by atoms with Gasteiger partial charge in [-0.05, 0) is 6.92 Å². The van der Waals surface area contributed by atoms with Crippen molar-refractivity contribution in [2.75, 3.05) is 0 Å². The highest BCUT2D eigenvalue weighted by molar-refractivity contribution is 6.75. The normalized spacial score (nSPS) is 7.73. The first-order valence-corrected chi connectivity index (χ1v) is 3.20. The van der Waals surface area contributed by atoms with E-state index in [1.807, 2.05) is 30.3 Å². The quantitative estimate of drug-likeness (QED) is 0.424. The highest BCUT2D eigenvalue weighted by Crippen LogP contribution is 1.97. The summed E-state index contributed by atoms with van der Waals surface area (Å²) >= 11 is 0. The van der Waals surface area contributed by atoms with Crippen LogP contribution in [0.5, 0.6) is 0 Å². The molecule has 52 valence electrons. The Kier molecular flexibility index (Phi) is 5.26. The van der Waals surface area contributed by atoms with Crippen LogP contribution in [0.2, 0.25) is 0 Å². The zero-order valence-corrected chi connectivity index (χ0v) is 6.45. The molecule has 1 aromatic carbocycles. The molecule has 0 saturated heterocycles. The summed E-state index contributed by atoms with van der Waals surface area (Å²) < 4.78 is 0. The smallest absolute Gasteiger partial charge is 0.159 e. The average molecular weight is 142 g/mol. The summed E-state index contributed by atoms with van der Waals surface area (Å²) in [6, 6.07) is 9.23. The lowest BCUT2D eigenvalue weighted by Gasteiger charge is -1.89. The fourth-order valence-electron chi connectivity index (χ4n) is 0.673. The van der Waals surface area contributed by atoms with Gasteiger partial charge >= 0.3 is 0 Å². The fraction of sp³-hybridized carbons (Fsp3) is 0.125. The van der Waals surface area contributed by atoms with E-state index in [1.165, 1.54) is 0 Å². The molecule has 0 atom stereocenters. The van der Waals surface area contributed by atoms with Crippen LogP contribution in [-0.2, 0) is 0 Å². The van der Waals surface area contributed by atoms with Gasteiger partial charge in [0, 0.05) is 21.0 Å². The minimum absolute atomic E-state index is 0.121. The summed E-state index contributed by atoms with van der Waals surface area (Å²) in [5, 5.41) is 0. The van der Waals surface area contributed by atoms with Crippen LogP contribution >= 0.6 is 0 Å². The van der Waals surface area contributed by atoms with Crippen LogP contribution in [0.25, 0.3) is 0 Å². The topological polar surface area (TPSA) is 17.1 Å². The third kappa shape index (κ3) is 3.66. The lowest BCUT2D eigenvalue weighted by atomic mass is 9.81. The third-order valence-corrected chi connectivity index (χ3v) is 1.18. The van der Waals surface area contributed by atoms with Gasteiger partial charge in [0.2, 0.25) is 0 Å². The summed E-state index contributed by atoms with van der Waals surface area (Å²) in [5.41, 5.74) is 0.775. The first-order valence-electron chi connectivity index (χ1n) is 3.20. The van der Waals surface area contributed by atoms with Crippen molar-refractivity contribution >= 4 is 21.3 Å². The second kappa shape index (κ2) is 5.78. The van der Waals surface area contributed by atoms with Crippen LogP contribution in [0.1, 0.15) is 17.3 Å². The summed E-state index contributed by atoms with van der Waals surface area (Å²) in [5.74, 6) is 0.121. The molecule has 0 bridgehead atoms. The van der Waals surface area contributed by atoms with Crippen molar-refractivity contribution in [1.29, 1.82) is 0 Å². The predicted octanol–water partition coefficient (Wildman–Crippen LogP) is 1.13. The average Bonchev–Trinajstić information content (AvgIpc) is 2.10.